The molecular formula is C28H25I3NO7SV. The van der Waals surface area contributed by atoms with E-state index in [1.54, 1.807) is 74.9 Å². The van der Waals surface area contributed by atoms with E-state index in [1.165, 1.54) is 7.11 Å². The van der Waals surface area contributed by atoms with Gasteiger partial charge in [0.1, 0.15) is 23.0 Å². The van der Waals surface area contributed by atoms with Crippen LogP contribution in [0.3, 0.4) is 0 Å². The Morgan fingerprint density at radius 1 is 0.878 bits per heavy atom. The Morgan fingerprint density at radius 3 is 1.88 bits per heavy atom. The summed E-state index contributed by atoms with van der Waals surface area (Å²) in [7, 11) is 4.45. The van der Waals surface area contributed by atoms with Crippen molar-refractivity contribution in [3.8, 4) is 23.0 Å². The van der Waals surface area contributed by atoms with Gasteiger partial charge in [-0.15, -0.1) is 0 Å². The Hall–Kier alpha value is -1.47. The molecule has 1 saturated heterocycles. The first-order valence-electron chi connectivity index (χ1n) is 11.8. The molecular weight excluding hydrogens is 926 g/mol. The summed E-state index contributed by atoms with van der Waals surface area (Å²) < 4.78 is 21.6. The first-order chi connectivity index (χ1) is 19.6. The van der Waals surface area contributed by atoms with Crippen LogP contribution in [-0.4, -0.2) is 43.7 Å². The second-order valence-corrected chi connectivity index (χ2v) is 44.8. The number of amides is 2. The second-order valence-electron chi connectivity index (χ2n) is 8.24. The monoisotopic (exact) mass is 951 g/mol. The van der Waals surface area contributed by atoms with Gasteiger partial charge in [-0.05, 0) is 65.6 Å². The Labute approximate surface area is 280 Å². The predicted octanol–water partition coefficient (Wildman–Crippen LogP) is 7.76. The number of halogens is 3. The molecule has 41 heavy (non-hydrogen) atoms. The summed E-state index contributed by atoms with van der Waals surface area (Å²) in [6.45, 7) is 0. The van der Waals surface area contributed by atoms with E-state index in [4.69, 9.17) is 18.9 Å². The molecule has 0 radical (unpaired) electrons. The summed E-state index contributed by atoms with van der Waals surface area (Å²) in [4.78, 5) is 35.4. The minimum absolute atomic E-state index is 0.263. The molecule has 4 rings (SSSR count). The van der Waals surface area contributed by atoms with Crippen LogP contribution in [0.4, 0.5) is 4.79 Å². The zero-order chi connectivity index (χ0) is 29.9. The molecule has 0 saturated carbocycles. The number of imide groups is 1. The molecule has 0 bridgehead atoms. The number of hydrogen-bond acceptors (Lipinski definition) is 8. The predicted molar refractivity (Wildman–Crippen MR) is 183 cm³/mol. The standard InChI is InChI=1S/C28H25NO7S.3HI.V/c1-33-22-12-18(13-23(16-22)34-2)14-24(27(31)35-3)19-6-10-21(11-7-19)36-20-8-4-17(5-9-20)15-25-26(30)29-28(32)37-25;;;;/h4-14,16,25H,15H2,1-3H3,(H,29,30,32);3*1H;/q;;;;+3/p-3/b24-14+;;;;. The molecule has 0 aliphatic carbocycles. The van der Waals surface area contributed by atoms with E-state index < -0.39 is 11.2 Å². The minimum atomic E-state index is -0.484. The summed E-state index contributed by atoms with van der Waals surface area (Å²) in [6.07, 6.45) is 2.17. The van der Waals surface area contributed by atoms with Crippen molar-refractivity contribution < 1.29 is 38.3 Å². The summed E-state index contributed by atoms with van der Waals surface area (Å²) >= 11 is 8.39. The molecule has 1 atom stereocenters. The molecule has 1 aliphatic heterocycles. The van der Waals surface area contributed by atoms with Crippen LogP contribution in [0.1, 0.15) is 16.7 Å². The van der Waals surface area contributed by atoms with Crippen LogP contribution in [0.15, 0.2) is 66.7 Å². The van der Waals surface area contributed by atoms with Crippen molar-refractivity contribution >= 4 is 100 Å². The van der Waals surface area contributed by atoms with E-state index in [1.807, 2.05) is 12.1 Å². The van der Waals surface area contributed by atoms with Gasteiger partial charge < -0.3 is 18.9 Å². The van der Waals surface area contributed by atoms with Crippen LogP contribution < -0.4 is 19.5 Å². The number of thioether (sulfide) groups is 1. The van der Waals surface area contributed by atoms with Crippen molar-refractivity contribution in [3.05, 3.63) is 83.4 Å². The van der Waals surface area contributed by atoms with Crippen LogP contribution in [0.2, 0.25) is 0 Å². The van der Waals surface area contributed by atoms with E-state index in [-0.39, 0.29) is 16.1 Å². The Balaban J connectivity index is 0.00000108. The van der Waals surface area contributed by atoms with Gasteiger partial charge in [0.05, 0.1) is 32.2 Å². The fourth-order valence-corrected chi connectivity index (χ4v) is 4.58. The number of nitrogens with one attached hydrogen (secondary N) is 1. The van der Waals surface area contributed by atoms with Crippen LogP contribution >= 0.6 is 71.7 Å². The van der Waals surface area contributed by atoms with E-state index in [9.17, 15) is 14.4 Å². The van der Waals surface area contributed by atoms with E-state index in [0.29, 0.717) is 40.6 Å². The quantitative estimate of drug-likeness (QED) is 0.101. The van der Waals surface area contributed by atoms with Gasteiger partial charge in [-0.3, -0.25) is 14.9 Å². The zero-order valence-corrected chi connectivity index (χ0v) is 30.7. The van der Waals surface area contributed by atoms with Gasteiger partial charge in [-0.2, -0.15) is 0 Å². The molecule has 1 aliphatic rings. The molecule has 2 amide bonds. The number of benzene rings is 3. The molecule has 1 heterocycles. The van der Waals surface area contributed by atoms with Crippen molar-refractivity contribution in [1.82, 2.24) is 5.32 Å². The molecule has 1 fully saturated rings. The fraction of sp³-hybridized carbons (Fsp3) is 0.179. The number of ether oxygens (including phenoxy) is 4. The third-order valence-corrected chi connectivity index (χ3v) is 6.58. The number of methoxy groups -OCH3 is 3. The Bertz CT molecular complexity index is 1380. The van der Waals surface area contributed by atoms with Gasteiger partial charge in [-0.25, -0.2) is 4.79 Å². The average Bonchev–Trinajstić information content (AvgIpc) is 3.28. The Morgan fingerprint density at radius 2 is 1.41 bits per heavy atom. The third kappa shape index (κ3) is 11.0. The maximum atomic E-state index is 12.6. The first kappa shape index (κ1) is 34.0. The van der Waals surface area contributed by atoms with Gasteiger partial charge in [0.2, 0.25) is 5.91 Å². The number of carbonyl (C=O) groups excluding carboxylic acids is 3. The maximum absolute atomic E-state index is 12.6. The summed E-state index contributed by atoms with van der Waals surface area (Å²) in [5.74, 6) is 1.65. The van der Waals surface area contributed by atoms with Crippen molar-refractivity contribution in [3.63, 3.8) is 0 Å². The number of hydrogen-bond donors (Lipinski definition) is 1. The van der Waals surface area contributed by atoms with E-state index >= 15 is 0 Å². The zero-order valence-electron chi connectivity index (χ0n) is 22.1. The van der Waals surface area contributed by atoms with E-state index in [0.717, 1.165) is 22.9 Å². The fourth-order valence-electron chi connectivity index (χ4n) is 3.72. The number of rotatable bonds is 9. The molecule has 0 spiro atoms. The van der Waals surface area contributed by atoms with Crippen LogP contribution in [0.25, 0.3) is 11.6 Å². The van der Waals surface area contributed by atoms with Crippen molar-refractivity contribution in [2.75, 3.05) is 21.3 Å². The summed E-state index contributed by atoms with van der Waals surface area (Å²) in [6, 6.07) is 19.7. The molecule has 1 N–H and O–H groups in total. The van der Waals surface area contributed by atoms with Gasteiger partial charge >= 0.3 is 70.8 Å². The van der Waals surface area contributed by atoms with Crippen molar-refractivity contribution in [2.45, 2.75) is 11.7 Å². The normalized spacial score (nSPS) is 14.6. The molecule has 216 valence electrons. The van der Waals surface area contributed by atoms with Crippen molar-refractivity contribution in [1.29, 1.82) is 0 Å². The topological polar surface area (TPSA) is 100 Å². The van der Waals surface area contributed by atoms with Gasteiger partial charge in [0, 0.05) is 6.07 Å². The van der Waals surface area contributed by atoms with Gasteiger partial charge in [0.15, 0.2) is 0 Å². The molecule has 3 aromatic carbocycles. The van der Waals surface area contributed by atoms with Crippen molar-refractivity contribution in [2.24, 2.45) is 0 Å². The first-order valence-corrected chi connectivity index (χ1v) is 26.2. The van der Waals surface area contributed by atoms with Crippen LogP contribution in [-0.2, 0) is 25.7 Å². The summed E-state index contributed by atoms with van der Waals surface area (Å²) in [5.41, 5.74) is 2.65. The molecule has 3 aromatic rings. The van der Waals surface area contributed by atoms with Crippen LogP contribution in [0.5, 0.6) is 23.0 Å². The third-order valence-electron chi connectivity index (χ3n) is 5.60. The number of carbonyl (C=O) groups is 3. The SMILES string of the molecule is COC(=O)/C(=C/c1cc(OC)cc(OC)c1)c1ccc(Oc2ccc(CC3SC(=O)NC3=O)cc2)cc1.[I][V]([I])[I]. The number of esters is 1. The molecule has 13 heteroatoms. The van der Waals surface area contributed by atoms with Crippen LogP contribution in [0, 0.1) is 0 Å². The van der Waals surface area contributed by atoms with Gasteiger partial charge in [-0.1, -0.05) is 36.0 Å². The van der Waals surface area contributed by atoms with Gasteiger partial charge in [0.25, 0.3) is 5.24 Å². The van der Waals surface area contributed by atoms with E-state index in [2.05, 4.69) is 65.3 Å². The summed E-state index contributed by atoms with van der Waals surface area (Å²) in [5, 5.41) is 1.57. The second kappa shape index (κ2) is 17.0. The molecule has 8 nitrogen and oxygen atoms in total. The Kier molecular flexibility index (Phi) is 14.1. The average molecular weight is 951 g/mol. The molecule has 1 unspecified atom stereocenters. The molecule has 0 aromatic heterocycles.